The minimum atomic E-state index is -0.727. The molecule has 0 aromatic heterocycles. The highest BCUT2D eigenvalue weighted by atomic mass is 16.5. The summed E-state index contributed by atoms with van der Waals surface area (Å²) in [6.45, 7) is 4.10. The van der Waals surface area contributed by atoms with Gasteiger partial charge in [0.2, 0.25) is 17.7 Å². The van der Waals surface area contributed by atoms with E-state index in [9.17, 15) is 14.4 Å². The Morgan fingerprint density at radius 1 is 1.17 bits per heavy atom. The maximum absolute atomic E-state index is 12.1. The van der Waals surface area contributed by atoms with E-state index in [2.05, 4.69) is 22.5 Å². The van der Waals surface area contributed by atoms with E-state index in [1.54, 1.807) is 13.8 Å². The fraction of sp³-hybridized carbons (Fsp3) is 0.762. The Morgan fingerprint density at radius 2 is 1.93 bits per heavy atom. The van der Waals surface area contributed by atoms with Crippen LogP contribution in [0.1, 0.15) is 65.2 Å². The summed E-state index contributed by atoms with van der Waals surface area (Å²) in [6.07, 6.45) is 6.79. The van der Waals surface area contributed by atoms with Gasteiger partial charge in [0.25, 0.3) is 0 Å². The van der Waals surface area contributed by atoms with Crippen LogP contribution in [-0.4, -0.2) is 49.1 Å². The molecular formula is C21H36N4O4. The van der Waals surface area contributed by atoms with E-state index < -0.39 is 18.0 Å². The summed E-state index contributed by atoms with van der Waals surface area (Å²) in [6, 6.07) is -1.44. The summed E-state index contributed by atoms with van der Waals surface area (Å²) in [4.78, 5) is 35.3. The number of primary amides is 1. The van der Waals surface area contributed by atoms with E-state index in [0.29, 0.717) is 25.8 Å². The van der Waals surface area contributed by atoms with Crippen molar-refractivity contribution in [2.45, 2.75) is 83.4 Å². The summed E-state index contributed by atoms with van der Waals surface area (Å²) in [5.74, 6) is 4.92. The number of amides is 3. The molecule has 0 fully saturated rings. The first-order valence-corrected chi connectivity index (χ1v) is 10.5. The van der Waals surface area contributed by atoms with Crippen molar-refractivity contribution in [2.75, 3.05) is 13.2 Å². The van der Waals surface area contributed by atoms with Crippen LogP contribution in [0.5, 0.6) is 0 Å². The highest BCUT2D eigenvalue weighted by molar-refractivity contribution is 5.89. The summed E-state index contributed by atoms with van der Waals surface area (Å²) in [5.41, 5.74) is 11.2. The summed E-state index contributed by atoms with van der Waals surface area (Å²) < 4.78 is 5.59. The summed E-state index contributed by atoms with van der Waals surface area (Å²) >= 11 is 0. The molecule has 29 heavy (non-hydrogen) atoms. The van der Waals surface area contributed by atoms with Gasteiger partial charge < -0.3 is 26.8 Å². The second kappa shape index (κ2) is 14.0. The number of carbonyl (C=O) groups excluding carboxylic acids is 3. The molecule has 0 heterocycles. The number of hydrogen-bond donors (Lipinski definition) is 4. The molecule has 8 nitrogen and oxygen atoms in total. The number of unbranched alkanes of at least 4 members (excludes halogenated alkanes) is 1. The average molecular weight is 409 g/mol. The van der Waals surface area contributed by atoms with Gasteiger partial charge in [0.1, 0.15) is 18.8 Å². The monoisotopic (exact) mass is 408 g/mol. The van der Waals surface area contributed by atoms with Crippen molar-refractivity contribution in [2.24, 2.45) is 17.4 Å². The van der Waals surface area contributed by atoms with Gasteiger partial charge in [-0.3, -0.25) is 14.4 Å². The van der Waals surface area contributed by atoms with E-state index in [0.717, 1.165) is 32.1 Å². The van der Waals surface area contributed by atoms with Gasteiger partial charge in [-0.1, -0.05) is 26.2 Å². The quantitative estimate of drug-likeness (QED) is 0.277. The largest absolute Gasteiger partial charge is 0.368 e. The molecule has 0 spiro atoms. The second-order valence-corrected chi connectivity index (χ2v) is 7.80. The van der Waals surface area contributed by atoms with Crippen LogP contribution in [0.4, 0.5) is 0 Å². The maximum Gasteiger partial charge on any atom is 0.246 e. The molecule has 3 atom stereocenters. The van der Waals surface area contributed by atoms with Crippen molar-refractivity contribution >= 4 is 17.7 Å². The Hall–Kier alpha value is -2.11. The summed E-state index contributed by atoms with van der Waals surface area (Å²) in [5, 5.41) is 5.40. The highest BCUT2D eigenvalue weighted by Gasteiger charge is 2.24. The van der Waals surface area contributed by atoms with Gasteiger partial charge in [-0.05, 0) is 44.4 Å². The lowest BCUT2D eigenvalue weighted by molar-refractivity contribution is -0.129. The Balaban J connectivity index is 2.16. The van der Waals surface area contributed by atoms with E-state index in [4.69, 9.17) is 16.2 Å². The molecule has 1 rings (SSSR count). The molecule has 0 saturated heterocycles. The average Bonchev–Trinajstić information content (AvgIpc) is 2.63. The van der Waals surface area contributed by atoms with Crippen molar-refractivity contribution < 1.29 is 19.1 Å². The van der Waals surface area contributed by atoms with Crippen LogP contribution in [0.2, 0.25) is 0 Å². The normalized spacial score (nSPS) is 18.6. The smallest absolute Gasteiger partial charge is 0.246 e. The third-order valence-electron chi connectivity index (χ3n) is 4.82. The molecule has 1 unspecified atom stereocenters. The van der Waals surface area contributed by atoms with E-state index in [-0.39, 0.29) is 30.4 Å². The highest BCUT2D eigenvalue weighted by Crippen LogP contribution is 2.10. The lowest BCUT2D eigenvalue weighted by Crippen LogP contribution is -2.52. The van der Waals surface area contributed by atoms with Crippen LogP contribution in [0.15, 0.2) is 0 Å². The number of carbonyl (C=O) groups is 3. The third kappa shape index (κ3) is 10.9. The molecule has 8 heteroatoms. The Kier molecular flexibility index (Phi) is 12.0. The van der Waals surface area contributed by atoms with Gasteiger partial charge >= 0.3 is 0 Å². The standard InChI is InChI=1S/C21H36N4O4/c1-15(2)19(20(23)27)25-21(28)17(22)12-8-9-13-24-18(26)14-29-16-10-6-4-3-5-7-11-16/h15-17,19H,3-6,8-10,12-14,22H2,1-2H3,(H2,23,27)(H,24,26)(H,25,28)/t16?,17-,19+/m1/s1. The first-order valence-electron chi connectivity index (χ1n) is 10.5. The number of nitrogens with one attached hydrogen (secondary N) is 2. The fourth-order valence-corrected chi connectivity index (χ4v) is 3.01. The molecule has 0 bridgehead atoms. The van der Waals surface area contributed by atoms with E-state index in [1.807, 2.05) is 0 Å². The Bertz CT molecular complexity index is 597. The zero-order valence-electron chi connectivity index (χ0n) is 17.7. The van der Waals surface area contributed by atoms with E-state index in [1.165, 1.54) is 0 Å². The minimum Gasteiger partial charge on any atom is -0.368 e. The van der Waals surface area contributed by atoms with Gasteiger partial charge in [0.15, 0.2) is 0 Å². The number of nitrogens with two attached hydrogens (primary N) is 2. The molecule has 164 valence electrons. The molecule has 1 aliphatic carbocycles. The van der Waals surface area contributed by atoms with Crippen molar-refractivity contribution in [3.8, 4) is 11.8 Å². The van der Waals surface area contributed by atoms with Gasteiger partial charge in [-0.25, -0.2) is 0 Å². The van der Waals surface area contributed by atoms with Crippen LogP contribution in [-0.2, 0) is 19.1 Å². The van der Waals surface area contributed by atoms with Gasteiger partial charge in [-0.2, -0.15) is 0 Å². The minimum absolute atomic E-state index is 0.00493. The summed E-state index contributed by atoms with van der Waals surface area (Å²) in [7, 11) is 0. The van der Waals surface area contributed by atoms with Gasteiger partial charge in [-0.15, -0.1) is 5.92 Å². The van der Waals surface area contributed by atoms with Crippen LogP contribution < -0.4 is 22.1 Å². The molecular weight excluding hydrogens is 372 g/mol. The number of rotatable bonds is 12. The third-order valence-corrected chi connectivity index (χ3v) is 4.82. The lowest BCUT2D eigenvalue weighted by atomic mass is 10.0. The molecule has 0 aliphatic heterocycles. The second-order valence-electron chi connectivity index (χ2n) is 7.80. The Morgan fingerprint density at radius 3 is 2.62 bits per heavy atom. The molecule has 6 N–H and O–H groups in total. The zero-order chi connectivity index (χ0) is 21.6. The van der Waals surface area contributed by atoms with Crippen molar-refractivity contribution in [3.05, 3.63) is 0 Å². The molecule has 0 aromatic carbocycles. The van der Waals surface area contributed by atoms with Gasteiger partial charge in [0, 0.05) is 13.0 Å². The van der Waals surface area contributed by atoms with Crippen LogP contribution in [0, 0.1) is 17.8 Å². The lowest BCUT2D eigenvalue weighted by Gasteiger charge is -2.21. The van der Waals surface area contributed by atoms with E-state index >= 15 is 0 Å². The van der Waals surface area contributed by atoms with Crippen LogP contribution in [0.25, 0.3) is 0 Å². The first kappa shape index (κ1) is 24.9. The molecule has 3 amide bonds. The predicted octanol–water partition coefficient (Wildman–Crippen LogP) is 0.579. The number of hydrogen-bond acceptors (Lipinski definition) is 5. The SMILES string of the molecule is CC(C)[C@H](NC(=O)[C@H](N)CCCCNC(=O)COC1C#CCCCCC1)C(N)=O. The van der Waals surface area contributed by atoms with Crippen molar-refractivity contribution in [1.29, 1.82) is 0 Å². The Labute approximate surface area is 173 Å². The van der Waals surface area contributed by atoms with Crippen molar-refractivity contribution in [1.82, 2.24) is 10.6 Å². The topological polar surface area (TPSA) is 137 Å². The molecule has 0 radical (unpaired) electrons. The van der Waals surface area contributed by atoms with Crippen LogP contribution >= 0.6 is 0 Å². The zero-order valence-corrected chi connectivity index (χ0v) is 17.7. The van der Waals surface area contributed by atoms with Crippen molar-refractivity contribution in [3.63, 3.8) is 0 Å². The molecule has 0 aromatic rings. The number of ether oxygens (including phenoxy) is 1. The molecule has 1 aliphatic rings. The fourth-order valence-electron chi connectivity index (χ4n) is 3.01. The maximum atomic E-state index is 12.1. The molecule has 0 saturated carbocycles. The van der Waals surface area contributed by atoms with Gasteiger partial charge in [0.05, 0.1) is 6.04 Å². The first-order chi connectivity index (χ1) is 13.8. The van der Waals surface area contributed by atoms with Crippen LogP contribution in [0.3, 0.4) is 0 Å². The predicted molar refractivity (Wildman–Crippen MR) is 111 cm³/mol.